The Bertz CT molecular complexity index is 484. The number of rotatable bonds is 1. The third-order valence-electron chi connectivity index (χ3n) is 2.07. The zero-order chi connectivity index (χ0) is 11.0. The quantitative estimate of drug-likeness (QED) is 0.695. The summed E-state index contributed by atoms with van der Waals surface area (Å²) in [4.78, 5) is 8.34. The van der Waals surface area contributed by atoms with Crippen LogP contribution in [0, 0.1) is 13.8 Å². The van der Waals surface area contributed by atoms with Gasteiger partial charge in [0, 0.05) is 13.1 Å². The molecule has 78 valence electrons. The summed E-state index contributed by atoms with van der Waals surface area (Å²) in [5.41, 5.74) is 2.70. The van der Waals surface area contributed by atoms with Crippen molar-refractivity contribution in [3.8, 4) is 11.4 Å². The van der Waals surface area contributed by atoms with Crippen LogP contribution in [0.5, 0.6) is 0 Å². The van der Waals surface area contributed by atoms with Crippen molar-refractivity contribution in [1.82, 2.24) is 19.7 Å². The maximum atomic E-state index is 5.88. The summed E-state index contributed by atoms with van der Waals surface area (Å²) in [6.45, 7) is 3.76. The number of halogens is 1. The Balaban J connectivity index is 2.58. The van der Waals surface area contributed by atoms with Crippen LogP contribution in [-0.2, 0) is 7.05 Å². The highest BCUT2D eigenvalue weighted by atomic mass is 35.5. The Labute approximate surface area is 92.9 Å². The topological polar surface area (TPSA) is 43.6 Å². The maximum Gasteiger partial charge on any atom is 0.133 e. The van der Waals surface area contributed by atoms with Gasteiger partial charge in [-0.2, -0.15) is 5.10 Å². The van der Waals surface area contributed by atoms with Gasteiger partial charge in [0.05, 0.1) is 17.1 Å². The molecule has 0 saturated heterocycles. The van der Waals surface area contributed by atoms with Gasteiger partial charge < -0.3 is 0 Å². The lowest BCUT2D eigenvalue weighted by molar-refractivity contribution is 0.761. The fourth-order valence-corrected chi connectivity index (χ4v) is 1.74. The Morgan fingerprint density at radius 3 is 2.47 bits per heavy atom. The lowest BCUT2D eigenvalue weighted by atomic mass is 10.3. The van der Waals surface area contributed by atoms with Gasteiger partial charge in [-0.3, -0.25) is 4.68 Å². The van der Waals surface area contributed by atoms with Gasteiger partial charge in [-0.1, -0.05) is 11.6 Å². The number of hydrogen-bond acceptors (Lipinski definition) is 3. The highest BCUT2D eigenvalue weighted by molar-refractivity contribution is 6.29. The van der Waals surface area contributed by atoms with Gasteiger partial charge >= 0.3 is 0 Å². The van der Waals surface area contributed by atoms with Gasteiger partial charge in [0.15, 0.2) is 0 Å². The lowest BCUT2D eigenvalue weighted by Crippen LogP contribution is -1.97. The number of aromatic nitrogens is 4. The summed E-state index contributed by atoms with van der Waals surface area (Å²) < 4.78 is 1.79. The fraction of sp³-hybridized carbons (Fsp3) is 0.300. The van der Waals surface area contributed by atoms with E-state index in [0.717, 1.165) is 17.1 Å². The van der Waals surface area contributed by atoms with Crippen LogP contribution in [-0.4, -0.2) is 19.7 Å². The Morgan fingerprint density at radius 1 is 1.20 bits per heavy atom. The molecular formula is C10H11ClN4. The van der Waals surface area contributed by atoms with E-state index in [9.17, 15) is 0 Å². The largest absolute Gasteiger partial charge is 0.266 e. The highest BCUT2D eigenvalue weighted by Gasteiger charge is 2.08. The average Bonchev–Trinajstić information content (AvgIpc) is 2.43. The van der Waals surface area contributed by atoms with Crippen molar-refractivity contribution >= 4 is 11.6 Å². The van der Waals surface area contributed by atoms with Gasteiger partial charge in [-0.25, -0.2) is 9.97 Å². The standard InChI is InChI=1S/C10H11ClN4/c1-6-4-9(15(3)14-6)8-5-10(11)13-7(2)12-8/h4-5H,1-3H3. The zero-order valence-corrected chi connectivity index (χ0v) is 9.58. The van der Waals surface area contributed by atoms with E-state index in [1.807, 2.05) is 27.0 Å². The van der Waals surface area contributed by atoms with Gasteiger partial charge in [0.2, 0.25) is 0 Å². The Hall–Kier alpha value is -1.42. The molecule has 0 aliphatic heterocycles. The number of nitrogens with zero attached hydrogens (tertiary/aromatic N) is 4. The first-order valence-corrected chi connectivity index (χ1v) is 4.96. The number of hydrogen-bond donors (Lipinski definition) is 0. The molecular weight excluding hydrogens is 212 g/mol. The third-order valence-corrected chi connectivity index (χ3v) is 2.26. The van der Waals surface area contributed by atoms with Crippen molar-refractivity contribution in [3.63, 3.8) is 0 Å². The second kappa shape index (κ2) is 3.62. The Kier molecular flexibility index (Phi) is 2.44. The van der Waals surface area contributed by atoms with E-state index >= 15 is 0 Å². The molecule has 0 aromatic carbocycles. The first kappa shape index (κ1) is 10.1. The molecule has 0 amide bonds. The van der Waals surface area contributed by atoms with Gasteiger partial charge in [-0.05, 0) is 19.9 Å². The normalized spacial score (nSPS) is 10.7. The molecule has 0 atom stereocenters. The molecule has 0 N–H and O–H groups in total. The molecule has 0 spiro atoms. The van der Waals surface area contributed by atoms with Crippen LogP contribution >= 0.6 is 11.6 Å². The van der Waals surface area contributed by atoms with Gasteiger partial charge in [0.25, 0.3) is 0 Å². The molecule has 0 unspecified atom stereocenters. The summed E-state index contributed by atoms with van der Waals surface area (Å²) in [5.74, 6) is 0.663. The number of aryl methyl sites for hydroxylation is 3. The van der Waals surface area contributed by atoms with Crippen LogP contribution in [0.4, 0.5) is 0 Å². The molecule has 5 heteroatoms. The summed E-state index contributed by atoms with van der Waals surface area (Å²) in [6, 6.07) is 3.71. The lowest BCUT2D eigenvalue weighted by Gasteiger charge is -2.02. The minimum Gasteiger partial charge on any atom is -0.266 e. The molecule has 0 bridgehead atoms. The molecule has 2 aromatic rings. The van der Waals surface area contributed by atoms with E-state index in [1.54, 1.807) is 10.7 Å². The highest BCUT2D eigenvalue weighted by Crippen LogP contribution is 2.19. The van der Waals surface area contributed by atoms with E-state index < -0.39 is 0 Å². The van der Waals surface area contributed by atoms with Crippen LogP contribution in [0.25, 0.3) is 11.4 Å². The third kappa shape index (κ3) is 1.99. The summed E-state index contributed by atoms with van der Waals surface area (Å²) in [6.07, 6.45) is 0. The summed E-state index contributed by atoms with van der Waals surface area (Å²) in [5, 5.41) is 4.71. The van der Waals surface area contributed by atoms with Crippen LogP contribution in [0.3, 0.4) is 0 Å². The van der Waals surface area contributed by atoms with Crippen molar-refractivity contribution < 1.29 is 0 Å². The van der Waals surface area contributed by atoms with Crippen molar-refractivity contribution in [1.29, 1.82) is 0 Å². The predicted octanol–water partition coefficient (Wildman–Crippen LogP) is 2.15. The van der Waals surface area contributed by atoms with Gasteiger partial charge in [0.1, 0.15) is 11.0 Å². The van der Waals surface area contributed by atoms with Crippen molar-refractivity contribution in [3.05, 3.63) is 28.8 Å². The van der Waals surface area contributed by atoms with Gasteiger partial charge in [-0.15, -0.1) is 0 Å². The maximum absolute atomic E-state index is 5.88. The van der Waals surface area contributed by atoms with Crippen molar-refractivity contribution in [2.45, 2.75) is 13.8 Å². The van der Waals surface area contributed by atoms with Crippen molar-refractivity contribution in [2.24, 2.45) is 7.05 Å². The summed E-state index contributed by atoms with van der Waals surface area (Å²) >= 11 is 5.88. The minimum atomic E-state index is 0.455. The van der Waals surface area contributed by atoms with Crippen molar-refractivity contribution in [2.75, 3.05) is 0 Å². The molecule has 0 aliphatic rings. The van der Waals surface area contributed by atoms with Crippen LogP contribution < -0.4 is 0 Å². The van der Waals surface area contributed by atoms with Crippen LogP contribution in [0.2, 0.25) is 5.15 Å². The first-order valence-electron chi connectivity index (χ1n) is 4.58. The second-order valence-corrected chi connectivity index (χ2v) is 3.80. The van der Waals surface area contributed by atoms with E-state index in [-0.39, 0.29) is 0 Å². The molecule has 2 aromatic heterocycles. The monoisotopic (exact) mass is 222 g/mol. The predicted molar refractivity (Wildman–Crippen MR) is 58.7 cm³/mol. The van der Waals surface area contributed by atoms with E-state index in [1.165, 1.54) is 0 Å². The molecule has 4 nitrogen and oxygen atoms in total. The minimum absolute atomic E-state index is 0.455. The van der Waals surface area contributed by atoms with E-state index in [4.69, 9.17) is 11.6 Å². The molecule has 2 heterocycles. The zero-order valence-electron chi connectivity index (χ0n) is 8.82. The average molecular weight is 223 g/mol. The molecule has 0 saturated carbocycles. The van der Waals surface area contributed by atoms with E-state index in [0.29, 0.717) is 11.0 Å². The molecule has 0 aliphatic carbocycles. The Morgan fingerprint density at radius 2 is 1.93 bits per heavy atom. The second-order valence-electron chi connectivity index (χ2n) is 3.42. The molecule has 0 radical (unpaired) electrons. The van der Waals surface area contributed by atoms with E-state index in [2.05, 4.69) is 15.1 Å². The first-order chi connectivity index (χ1) is 7.06. The summed E-state index contributed by atoms with van der Waals surface area (Å²) in [7, 11) is 1.88. The SMILES string of the molecule is Cc1cc(-c2cc(Cl)nc(C)n2)n(C)n1. The smallest absolute Gasteiger partial charge is 0.133 e. The van der Waals surface area contributed by atoms with Crippen LogP contribution in [0.15, 0.2) is 12.1 Å². The van der Waals surface area contributed by atoms with Crippen LogP contribution in [0.1, 0.15) is 11.5 Å². The molecule has 15 heavy (non-hydrogen) atoms. The fourth-order valence-electron chi connectivity index (χ4n) is 1.51. The molecule has 2 rings (SSSR count). The molecule has 0 fully saturated rings.